The quantitative estimate of drug-likeness (QED) is 0.827. The van der Waals surface area contributed by atoms with E-state index in [0.717, 1.165) is 19.5 Å². The average molecular weight is 233 g/mol. The van der Waals surface area contributed by atoms with Crippen LogP contribution in [0.5, 0.6) is 0 Å². The van der Waals surface area contributed by atoms with E-state index in [1.165, 1.54) is 0 Å². The summed E-state index contributed by atoms with van der Waals surface area (Å²) in [4.78, 5) is 4.10. The van der Waals surface area contributed by atoms with Gasteiger partial charge in [-0.15, -0.1) is 12.4 Å². The van der Waals surface area contributed by atoms with Crippen molar-refractivity contribution in [2.75, 3.05) is 13.1 Å². The van der Waals surface area contributed by atoms with Gasteiger partial charge in [-0.05, 0) is 25.1 Å². The van der Waals surface area contributed by atoms with Gasteiger partial charge >= 0.3 is 0 Å². The monoisotopic (exact) mass is 232 g/mol. The summed E-state index contributed by atoms with van der Waals surface area (Å²) >= 11 is 0. The Morgan fingerprint density at radius 3 is 2.93 bits per heavy atom. The van der Waals surface area contributed by atoms with Gasteiger partial charge in [0.25, 0.3) is 0 Å². The number of halogens is 1. The van der Waals surface area contributed by atoms with Crippen LogP contribution >= 0.6 is 12.4 Å². The third-order valence-corrected chi connectivity index (χ3v) is 3.82. The number of rotatable bonds is 2. The average Bonchev–Trinajstić information content (AvgIpc) is 2.71. The third kappa shape index (κ3) is 2.53. The van der Waals surface area contributed by atoms with Crippen LogP contribution < -0.4 is 5.32 Å². The van der Waals surface area contributed by atoms with Gasteiger partial charge in [-0.25, -0.2) is 4.98 Å². The molecule has 1 aliphatic heterocycles. The molecular weight excluding hydrogens is 220 g/mol. The van der Waals surface area contributed by atoms with Crippen LogP contribution in [-0.2, 0) is 10.8 Å². The van der Waals surface area contributed by atoms with Gasteiger partial charge in [-0.1, -0.05) is 6.07 Å². The second-order valence-electron chi connectivity index (χ2n) is 3.08. The first-order chi connectivity index (χ1) is 6.38. The van der Waals surface area contributed by atoms with Crippen LogP contribution in [0, 0.1) is 0 Å². The summed E-state index contributed by atoms with van der Waals surface area (Å²) in [5.41, 5.74) is 0. The normalized spacial score (nSPS) is 22.7. The number of nitrogens with one attached hydrogen (secondary N) is 1. The van der Waals surface area contributed by atoms with E-state index in [0.29, 0.717) is 5.03 Å². The molecule has 78 valence electrons. The second kappa shape index (κ2) is 5.44. The van der Waals surface area contributed by atoms with Crippen molar-refractivity contribution in [1.29, 1.82) is 0 Å². The number of pyridine rings is 1. The van der Waals surface area contributed by atoms with E-state index in [-0.39, 0.29) is 17.7 Å². The van der Waals surface area contributed by atoms with Crippen molar-refractivity contribution in [2.45, 2.75) is 16.7 Å². The van der Waals surface area contributed by atoms with E-state index in [9.17, 15) is 4.21 Å². The molecule has 2 unspecified atom stereocenters. The smallest absolute Gasteiger partial charge is 0.127 e. The Kier molecular flexibility index (Phi) is 4.51. The van der Waals surface area contributed by atoms with Crippen LogP contribution in [-0.4, -0.2) is 27.5 Å². The molecule has 1 saturated heterocycles. The molecule has 0 aromatic carbocycles. The number of hydrogen-bond donors (Lipinski definition) is 1. The molecule has 0 spiro atoms. The maximum atomic E-state index is 11.9. The third-order valence-electron chi connectivity index (χ3n) is 2.16. The van der Waals surface area contributed by atoms with Gasteiger partial charge in [0.15, 0.2) is 0 Å². The fraction of sp³-hybridized carbons (Fsp3) is 0.444. The Labute approximate surface area is 92.2 Å². The minimum absolute atomic E-state index is 0. The summed E-state index contributed by atoms with van der Waals surface area (Å²) in [7, 11) is -0.932. The Bertz CT molecular complexity index is 301. The van der Waals surface area contributed by atoms with E-state index < -0.39 is 10.8 Å². The van der Waals surface area contributed by atoms with Crippen molar-refractivity contribution in [1.82, 2.24) is 10.3 Å². The highest BCUT2D eigenvalue weighted by atomic mass is 35.5. The van der Waals surface area contributed by atoms with Crippen LogP contribution in [0.15, 0.2) is 29.4 Å². The first-order valence-electron chi connectivity index (χ1n) is 4.40. The van der Waals surface area contributed by atoms with Gasteiger partial charge in [-0.2, -0.15) is 0 Å². The van der Waals surface area contributed by atoms with Crippen molar-refractivity contribution in [3.63, 3.8) is 0 Å². The van der Waals surface area contributed by atoms with Crippen molar-refractivity contribution in [3.8, 4) is 0 Å². The summed E-state index contributed by atoms with van der Waals surface area (Å²) in [6.07, 6.45) is 2.68. The number of aromatic nitrogens is 1. The van der Waals surface area contributed by atoms with Crippen LogP contribution in [0.25, 0.3) is 0 Å². The lowest BCUT2D eigenvalue weighted by atomic mass is 10.4. The van der Waals surface area contributed by atoms with Crippen molar-refractivity contribution in [3.05, 3.63) is 24.4 Å². The lowest BCUT2D eigenvalue weighted by Crippen LogP contribution is -2.19. The summed E-state index contributed by atoms with van der Waals surface area (Å²) in [5.74, 6) is 0. The first kappa shape index (κ1) is 11.6. The molecule has 1 aromatic heterocycles. The Hall–Kier alpha value is -0.450. The van der Waals surface area contributed by atoms with Crippen LogP contribution in [0.2, 0.25) is 0 Å². The van der Waals surface area contributed by atoms with E-state index in [2.05, 4.69) is 10.3 Å². The zero-order valence-electron chi connectivity index (χ0n) is 7.68. The van der Waals surface area contributed by atoms with E-state index in [1.807, 2.05) is 18.2 Å². The fourth-order valence-corrected chi connectivity index (χ4v) is 2.77. The molecule has 1 fully saturated rings. The van der Waals surface area contributed by atoms with Crippen LogP contribution in [0.1, 0.15) is 6.42 Å². The molecular formula is C9H13ClN2OS. The molecule has 0 amide bonds. The fourth-order valence-electron chi connectivity index (χ4n) is 1.45. The van der Waals surface area contributed by atoms with Gasteiger partial charge in [0, 0.05) is 12.7 Å². The molecule has 0 aliphatic carbocycles. The zero-order chi connectivity index (χ0) is 9.10. The van der Waals surface area contributed by atoms with E-state index in [4.69, 9.17) is 0 Å². The molecule has 1 aliphatic rings. The minimum atomic E-state index is -0.932. The predicted octanol–water partition coefficient (Wildman–Crippen LogP) is 0.973. The van der Waals surface area contributed by atoms with Gasteiger partial charge in [0.1, 0.15) is 5.03 Å². The summed E-state index contributed by atoms with van der Waals surface area (Å²) in [6, 6.07) is 5.55. The standard InChI is InChI=1S/C9H12N2OS.ClH/c12-13(8-4-6-10-7-8)9-3-1-2-5-11-9;/h1-3,5,8,10H,4,6-7H2;1H. The van der Waals surface area contributed by atoms with Crippen molar-refractivity contribution >= 4 is 23.2 Å². The SMILES string of the molecule is Cl.O=S(c1ccccn1)C1CCNC1. The highest BCUT2D eigenvalue weighted by molar-refractivity contribution is 7.85. The highest BCUT2D eigenvalue weighted by Gasteiger charge is 2.22. The van der Waals surface area contributed by atoms with Gasteiger partial charge in [0.05, 0.1) is 16.0 Å². The lowest BCUT2D eigenvalue weighted by molar-refractivity contribution is 0.669. The highest BCUT2D eigenvalue weighted by Crippen LogP contribution is 2.13. The summed E-state index contributed by atoms with van der Waals surface area (Å²) < 4.78 is 11.9. The Morgan fingerprint density at radius 1 is 1.50 bits per heavy atom. The molecule has 0 bridgehead atoms. The Morgan fingerprint density at radius 2 is 2.36 bits per heavy atom. The molecule has 1 aromatic rings. The van der Waals surface area contributed by atoms with Crippen molar-refractivity contribution in [2.24, 2.45) is 0 Å². The molecule has 0 radical (unpaired) electrons. The topological polar surface area (TPSA) is 42.0 Å². The molecule has 3 nitrogen and oxygen atoms in total. The minimum Gasteiger partial charge on any atom is -0.315 e. The van der Waals surface area contributed by atoms with E-state index >= 15 is 0 Å². The van der Waals surface area contributed by atoms with E-state index in [1.54, 1.807) is 6.20 Å². The van der Waals surface area contributed by atoms with Gasteiger partial charge in [0.2, 0.25) is 0 Å². The molecule has 2 atom stereocenters. The Balaban J connectivity index is 0.000000980. The molecule has 5 heteroatoms. The molecule has 2 rings (SSSR count). The maximum absolute atomic E-state index is 11.9. The first-order valence-corrected chi connectivity index (χ1v) is 5.61. The summed E-state index contributed by atoms with van der Waals surface area (Å²) in [6.45, 7) is 1.83. The maximum Gasteiger partial charge on any atom is 0.127 e. The summed E-state index contributed by atoms with van der Waals surface area (Å²) in [5, 5.41) is 4.15. The van der Waals surface area contributed by atoms with Crippen molar-refractivity contribution < 1.29 is 4.21 Å². The molecule has 0 saturated carbocycles. The molecule has 2 heterocycles. The second-order valence-corrected chi connectivity index (χ2v) is 4.76. The zero-order valence-corrected chi connectivity index (χ0v) is 9.31. The van der Waals surface area contributed by atoms with Gasteiger partial charge < -0.3 is 5.32 Å². The number of hydrogen-bond acceptors (Lipinski definition) is 3. The number of nitrogens with zero attached hydrogens (tertiary/aromatic N) is 1. The van der Waals surface area contributed by atoms with Crippen LogP contribution in [0.4, 0.5) is 0 Å². The van der Waals surface area contributed by atoms with Crippen LogP contribution in [0.3, 0.4) is 0 Å². The van der Waals surface area contributed by atoms with Gasteiger partial charge in [-0.3, -0.25) is 4.21 Å². The largest absolute Gasteiger partial charge is 0.315 e. The lowest BCUT2D eigenvalue weighted by Gasteiger charge is -2.06. The molecule has 14 heavy (non-hydrogen) atoms. The predicted molar refractivity (Wildman–Crippen MR) is 59.2 cm³/mol. The molecule has 1 N–H and O–H groups in total.